The van der Waals surface area contributed by atoms with Crippen LogP contribution in [0, 0.1) is 0 Å². The van der Waals surface area contributed by atoms with Crippen molar-refractivity contribution in [3.05, 3.63) is 53.1 Å². The zero-order valence-corrected chi connectivity index (χ0v) is 16.3. The van der Waals surface area contributed by atoms with Crippen LogP contribution in [-0.2, 0) is 16.6 Å². The molecule has 2 N–H and O–H groups in total. The molecule has 0 saturated carbocycles. The first-order valence-corrected chi connectivity index (χ1v) is 9.20. The quantitative estimate of drug-likeness (QED) is 0.839. The summed E-state index contributed by atoms with van der Waals surface area (Å²) in [4.78, 5) is 24.5. The van der Waals surface area contributed by atoms with E-state index in [2.05, 4.69) is 31.4 Å². The standard InChI is InChI=1S/C22H26N2O3/c1-22(2,3)16-10-8-14(9-11-16)21(26)24-18-12-15-6-5-7-20(25)23-17(15)13-19(18)27-4/h8-13H,5-7H2,1-4H3,(H,23,25)(H,24,26). The van der Waals surface area contributed by atoms with Gasteiger partial charge in [0, 0.05) is 23.7 Å². The minimum Gasteiger partial charge on any atom is -0.494 e. The number of methoxy groups -OCH3 is 1. The second-order valence-corrected chi connectivity index (χ2v) is 7.89. The summed E-state index contributed by atoms with van der Waals surface area (Å²) in [5.74, 6) is 0.341. The fraction of sp³-hybridized carbons (Fsp3) is 0.364. The first-order valence-electron chi connectivity index (χ1n) is 9.20. The number of carbonyl (C=O) groups excluding carboxylic acids is 2. The van der Waals surface area contributed by atoms with E-state index < -0.39 is 0 Å². The number of benzene rings is 2. The van der Waals surface area contributed by atoms with Gasteiger partial charge in [0.2, 0.25) is 5.91 Å². The molecule has 0 unspecified atom stereocenters. The molecule has 27 heavy (non-hydrogen) atoms. The summed E-state index contributed by atoms with van der Waals surface area (Å²) >= 11 is 0. The second-order valence-electron chi connectivity index (χ2n) is 7.89. The van der Waals surface area contributed by atoms with Gasteiger partial charge in [-0.25, -0.2) is 0 Å². The number of amides is 2. The highest BCUT2D eigenvalue weighted by molar-refractivity contribution is 6.05. The Labute approximate surface area is 160 Å². The third-order valence-electron chi connectivity index (χ3n) is 4.81. The zero-order valence-electron chi connectivity index (χ0n) is 16.3. The second kappa shape index (κ2) is 7.43. The van der Waals surface area contributed by atoms with Crippen LogP contribution in [0.25, 0.3) is 0 Å². The van der Waals surface area contributed by atoms with Gasteiger partial charge in [-0.1, -0.05) is 32.9 Å². The van der Waals surface area contributed by atoms with Gasteiger partial charge in [0.1, 0.15) is 5.75 Å². The third kappa shape index (κ3) is 4.30. The molecule has 0 bridgehead atoms. The Morgan fingerprint density at radius 2 is 1.81 bits per heavy atom. The molecule has 0 aromatic heterocycles. The van der Waals surface area contributed by atoms with Crippen molar-refractivity contribution in [2.24, 2.45) is 0 Å². The van der Waals surface area contributed by atoms with E-state index in [0.29, 0.717) is 23.4 Å². The van der Waals surface area contributed by atoms with Crippen molar-refractivity contribution >= 4 is 23.2 Å². The van der Waals surface area contributed by atoms with E-state index in [1.807, 2.05) is 30.3 Å². The van der Waals surface area contributed by atoms with Gasteiger partial charge in [0.25, 0.3) is 5.91 Å². The lowest BCUT2D eigenvalue weighted by Crippen LogP contribution is -2.15. The molecule has 0 spiro atoms. The highest BCUT2D eigenvalue weighted by Gasteiger charge is 2.19. The number of carbonyl (C=O) groups is 2. The molecular formula is C22H26N2O3. The van der Waals surface area contributed by atoms with Crippen LogP contribution in [0.1, 0.15) is 55.1 Å². The molecule has 0 fully saturated rings. The van der Waals surface area contributed by atoms with Gasteiger partial charge in [0.05, 0.1) is 12.8 Å². The number of ether oxygens (including phenoxy) is 1. The van der Waals surface area contributed by atoms with E-state index in [0.717, 1.165) is 24.1 Å². The third-order valence-corrected chi connectivity index (χ3v) is 4.81. The minimum atomic E-state index is -0.189. The van der Waals surface area contributed by atoms with Crippen LogP contribution in [0.2, 0.25) is 0 Å². The highest BCUT2D eigenvalue weighted by atomic mass is 16.5. The van der Waals surface area contributed by atoms with Crippen molar-refractivity contribution in [3.63, 3.8) is 0 Å². The summed E-state index contributed by atoms with van der Waals surface area (Å²) in [5, 5.41) is 5.84. The van der Waals surface area contributed by atoms with Crippen molar-refractivity contribution in [1.82, 2.24) is 0 Å². The van der Waals surface area contributed by atoms with Gasteiger partial charge in [-0.3, -0.25) is 9.59 Å². The lowest BCUT2D eigenvalue weighted by molar-refractivity contribution is -0.116. The van der Waals surface area contributed by atoms with Crippen LogP contribution in [0.15, 0.2) is 36.4 Å². The van der Waals surface area contributed by atoms with E-state index in [-0.39, 0.29) is 17.2 Å². The number of nitrogens with one attached hydrogen (secondary N) is 2. The zero-order chi connectivity index (χ0) is 19.6. The average Bonchev–Trinajstić information content (AvgIpc) is 2.80. The van der Waals surface area contributed by atoms with Crippen LogP contribution in [0.3, 0.4) is 0 Å². The van der Waals surface area contributed by atoms with Gasteiger partial charge in [0.15, 0.2) is 0 Å². The number of anilines is 2. The molecule has 3 rings (SSSR count). The van der Waals surface area contributed by atoms with E-state index in [9.17, 15) is 9.59 Å². The average molecular weight is 366 g/mol. The normalized spacial score (nSPS) is 14.0. The molecule has 5 heteroatoms. The molecule has 0 saturated heterocycles. The molecule has 2 amide bonds. The molecule has 2 aromatic rings. The summed E-state index contributed by atoms with van der Waals surface area (Å²) in [6, 6.07) is 11.3. The molecule has 0 atom stereocenters. The lowest BCUT2D eigenvalue weighted by atomic mass is 9.87. The number of fused-ring (bicyclic) bond motifs is 1. The largest absolute Gasteiger partial charge is 0.494 e. The van der Waals surface area contributed by atoms with Gasteiger partial charge in [-0.2, -0.15) is 0 Å². The number of rotatable bonds is 3. The Hall–Kier alpha value is -2.82. The number of hydrogen-bond donors (Lipinski definition) is 2. The molecule has 5 nitrogen and oxygen atoms in total. The predicted octanol–water partition coefficient (Wildman–Crippen LogP) is 4.52. The summed E-state index contributed by atoms with van der Waals surface area (Å²) < 4.78 is 5.42. The summed E-state index contributed by atoms with van der Waals surface area (Å²) in [6.45, 7) is 6.42. The van der Waals surface area contributed by atoms with E-state index in [1.165, 1.54) is 5.56 Å². The van der Waals surface area contributed by atoms with Crippen molar-refractivity contribution in [2.45, 2.75) is 45.4 Å². The summed E-state index contributed by atoms with van der Waals surface area (Å²) in [7, 11) is 1.55. The van der Waals surface area contributed by atoms with Crippen LogP contribution in [0.5, 0.6) is 5.75 Å². The van der Waals surface area contributed by atoms with Crippen molar-refractivity contribution < 1.29 is 14.3 Å². The monoisotopic (exact) mass is 366 g/mol. The fourth-order valence-corrected chi connectivity index (χ4v) is 3.18. The lowest BCUT2D eigenvalue weighted by Gasteiger charge is -2.19. The van der Waals surface area contributed by atoms with Gasteiger partial charge in [-0.15, -0.1) is 0 Å². The molecular weight excluding hydrogens is 340 g/mol. The molecule has 0 aliphatic carbocycles. The minimum absolute atomic E-state index is 0.00604. The maximum Gasteiger partial charge on any atom is 0.255 e. The Kier molecular flexibility index (Phi) is 5.22. The van der Waals surface area contributed by atoms with E-state index in [1.54, 1.807) is 13.2 Å². The summed E-state index contributed by atoms with van der Waals surface area (Å²) in [5.41, 5.74) is 4.17. The highest BCUT2D eigenvalue weighted by Crippen LogP contribution is 2.34. The molecule has 142 valence electrons. The van der Waals surface area contributed by atoms with E-state index in [4.69, 9.17) is 4.74 Å². The van der Waals surface area contributed by atoms with Crippen molar-refractivity contribution in [3.8, 4) is 5.75 Å². The smallest absolute Gasteiger partial charge is 0.255 e. The Bertz CT molecular complexity index is 864. The number of aryl methyl sites for hydroxylation is 1. The van der Waals surface area contributed by atoms with E-state index >= 15 is 0 Å². The molecule has 2 aromatic carbocycles. The van der Waals surface area contributed by atoms with Gasteiger partial charge >= 0.3 is 0 Å². The fourth-order valence-electron chi connectivity index (χ4n) is 3.18. The van der Waals surface area contributed by atoms with Crippen LogP contribution in [0.4, 0.5) is 11.4 Å². The van der Waals surface area contributed by atoms with Crippen LogP contribution >= 0.6 is 0 Å². The Morgan fingerprint density at radius 1 is 1.11 bits per heavy atom. The Balaban J connectivity index is 1.85. The maximum absolute atomic E-state index is 12.7. The number of hydrogen-bond acceptors (Lipinski definition) is 3. The Morgan fingerprint density at radius 3 is 2.44 bits per heavy atom. The van der Waals surface area contributed by atoms with Crippen molar-refractivity contribution in [2.75, 3.05) is 17.7 Å². The van der Waals surface area contributed by atoms with Crippen molar-refractivity contribution in [1.29, 1.82) is 0 Å². The molecule has 1 aliphatic heterocycles. The summed E-state index contributed by atoms with van der Waals surface area (Å²) in [6.07, 6.45) is 2.06. The molecule has 1 heterocycles. The van der Waals surface area contributed by atoms with Crippen LogP contribution in [-0.4, -0.2) is 18.9 Å². The first-order chi connectivity index (χ1) is 12.8. The predicted molar refractivity (Wildman–Crippen MR) is 108 cm³/mol. The van der Waals surface area contributed by atoms with Gasteiger partial charge in [-0.05, 0) is 47.6 Å². The maximum atomic E-state index is 12.7. The first kappa shape index (κ1) is 19.0. The molecule has 1 aliphatic rings. The SMILES string of the molecule is COc1cc2c(cc1NC(=O)c1ccc(C(C)(C)C)cc1)CCCC(=O)N2. The van der Waals surface area contributed by atoms with Crippen LogP contribution < -0.4 is 15.4 Å². The van der Waals surface area contributed by atoms with Gasteiger partial charge < -0.3 is 15.4 Å². The molecule has 0 radical (unpaired) electrons. The topological polar surface area (TPSA) is 67.4 Å².